The van der Waals surface area contributed by atoms with Crippen molar-refractivity contribution in [2.24, 2.45) is 0 Å². The third-order valence-corrected chi connectivity index (χ3v) is 2.20. The molecule has 1 N–H and O–H groups in total. The van der Waals surface area contributed by atoms with Crippen LogP contribution in [0.3, 0.4) is 0 Å². The van der Waals surface area contributed by atoms with Crippen LogP contribution in [0, 0.1) is 0 Å². The molecule has 1 aromatic rings. The summed E-state index contributed by atoms with van der Waals surface area (Å²) in [5, 5.41) is 9.03. The van der Waals surface area contributed by atoms with Crippen molar-refractivity contribution in [1.82, 2.24) is 0 Å². The molecule has 0 saturated heterocycles. The fourth-order valence-corrected chi connectivity index (χ4v) is 1.28. The Morgan fingerprint density at radius 3 is 2.73 bits per heavy atom. The van der Waals surface area contributed by atoms with E-state index in [0.29, 0.717) is 5.75 Å². The Hall–Kier alpha value is -1.22. The molecule has 0 amide bonds. The minimum Gasteiger partial charge on any atom is -0.496 e. The van der Waals surface area contributed by atoms with E-state index in [1.807, 2.05) is 12.1 Å². The first-order chi connectivity index (χ1) is 7.31. The Kier molecular flexibility index (Phi) is 4.98. The van der Waals surface area contributed by atoms with Gasteiger partial charge in [-0.15, -0.1) is 0 Å². The Bertz CT molecular complexity index is 297. The van der Waals surface area contributed by atoms with Crippen molar-refractivity contribution in [2.75, 3.05) is 13.7 Å². The highest BCUT2D eigenvalue weighted by Crippen LogP contribution is 2.24. The van der Waals surface area contributed by atoms with Gasteiger partial charge in [0, 0.05) is 11.6 Å². The summed E-state index contributed by atoms with van der Waals surface area (Å²) in [6.45, 7) is 2.83. The van der Waals surface area contributed by atoms with E-state index in [4.69, 9.17) is 14.6 Å². The highest BCUT2D eigenvalue weighted by Gasteiger charge is 2.03. The maximum absolute atomic E-state index is 9.03. The maximum Gasteiger partial charge on any atom is 0.128 e. The molecule has 0 aromatic heterocycles. The van der Waals surface area contributed by atoms with E-state index < -0.39 is 0 Å². The van der Waals surface area contributed by atoms with E-state index >= 15 is 0 Å². The molecular weight excluding hydrogens is 192 g/mol. The number of aliphatic hydroxyl groups excluding tert-OH is 1. The average Bonchev–Trinajstić information content (AvgIpc) is 2.29. The van der Waals surface area contributed by atoms with Crippen LogP contribution in [0.4, 0.5) is 0 Å². The summed E-state index contributed by atoms with van der Waals surface area (Å²) in [5.74, 6) is 1.46. The van der Waals surface area contributed by atoms with Crippen molar-refractivity contribution >= 4 is 0 Å². The van der Waals surface area contributed by atoms with Gasteiger partial charge >= 0.3 is 0 Å². The molecule has 0 unspecified atom stereocenters. The fraction of sp³-hybridized carbons (Fsp3) is 0.500. The SMILES string of the molecule is CCCCOc1ccc(CO)c(OC)c1. The first kappa shape index (κ1) is 11.9. The molecule has 0 spiro atoms. The second kappa shape index (κ2) is 6.30. The number of hydrogen-bond donors (Lipinski definition) is 1. The van der Waals surface area contributed by atoms with Crippen LogP contribution in [-0.4, -0.2) is 18.8 Å². The Morgan fingerprint density at radius 1 is 1.33 bits per heavy atom. The molecule has 0 bridgehead atoms. The normalized spacial score (nSPS) is 10.1. The molecular formula is C12H18O3. The maximum atomic E-state index is 9.03. The molecule has 84 valence electrons. The van der Waals surface area contributed by atoms with Gasteiger partial charge in [-0.1, -0.05) is 13.3 Å². The van der Waals surface area contributed by atoms with Gasteiger partial charge in [0.1, 0.15) is 11.5 Å². The lowest BCUT2D eigenvalue weighted by Gasteiger charge is -2.10. The molecule has 3 heteroatoms. The summed E-state index contributed by atoms with van der Waals surface area (Å²) < 4.78 is 10.7. The van der Waals surface area contributed by atoms with Gasteiger partial charge < -0.3 is 14.6 Å². The molecule has 0 atom stereocenters. The third kappa shape index (κ3) is 3.44. The summed E-state index contributed by atoms with van der Waals surface area (Å²) in [6, 6.07) is 5.48. The topological polar surface area (TPSA) is 38.7 Å². The van der Waals surface area contributed by atoms with E-state index in [1.165, 1.54) is 0 Å². The molecule has 0 saturated carbocycles. The van der Waals surface area contributed by atoms with Gasteiger partial charge in [0.25, 0.3) is 0 Å². The number of ether oxygens (including phenoxy) is 2. The molecule has 0 aliphatic heterocycles. The number of methoxy groups -OCH3 is 1. The van der Waals surface area contributed by atoms with Gasteiger partial charge in [-0.05, 0) is 18.6 Å². The minimum absolute atomic E-state index is 0.0155. The van der Waals surface area contributed by atoms with Gasteiger partial charge in [0.15, 0.2) is 0 Å². The molecule has 0 aliphatic carbocycles. The van der Waals surface area contributed by atoms with Crippen molar-refractivity contribution in [3.8, 4) is 11.5 Å². The Morgan fingerprint density at radius 2 is 2.13 bits per heavy atom. The van der Waals surface area contributed by atoms with Crippen LogP contribution in [-0.2, 0) is 6.61 Å². The zero-order chi connectivity index (χ0) is 11.1. The quantitative estimate of drug-likeness (QED) is 0.732. The van der Waals surface area contributed by atoms with Crippen molar-refractivity contribution in [3.63, 3.8) is 0 Å². The van der Waals surface area contributed by atoms with Gasteiger partial charge in [0.2, 0.25) is 0 Å². The monoisotopic (exact) mass is 210 g/mol. The molecule has 15 heavy (non-hydrogen) atoms. The smallest absolute Gasteiger partial charge is 0.128 e. The van der Waals surface area contributed by atoms with E-state index in [1.54, 1.807) is 13.2 Å². The summed E-state index contributed by atoms with van der Waals surface area (Å²) in [6.07, 6.45) is 2.16. The summed E-state index contributed by atoms with van der Waals surface area (Å²) >= 11 is 0. The van der Waals surface area contributed by atoms with Crippen LogP contribution < -0.4 is 9.47 Å². The number of unbranched alkanes of at least 4 members (excludes halogenated alkanes) is 1. The first-order valence-electron chi connectivity index (χ1n) is 5.22. The summed E-state index contributed by atoms with van der Waals surface area (Å²) in [5.41, 5.74) is 0.778. The number of aliphatic hydroxyl groups is 1. The second-order valence-electron chi connectivity index (χ2n) is 3.33. The fourth-order valence-electron chi connectivity index (χ4n) is 1.28. The highest BCUT2D eigenvalue weighted by atomic mass is 16.5. The molecule has 0 heterocycles. The summed E-state index contributed by atoms with van der Waals surface area (Å²) in [4.78, 5) is 0. The van der Waals surface area contributed by atoms with Crippen LogP contribution in [0.1, 0.15) is 25.3 Å². The van der Waals surface area contributed by atoms with E-state index in [9.17, 15) is 0 Å². The zero-order valence-electron chi connectivity index (χ0n) is 9.32. The Balaban J connectivity index is 2.66. The highest BCUT2D eigenvalue weighted by molar-refractivity contribution is 5.40. The zero-order valence-corrected chi connectivity index (χ0v) is 9.32. The van der Waals surface area contributed by atoms with E-state index in [-0.39, 0.29) is 6.61 Å². The van der Waals surface area contributed by atoms with Crippen LogP contribution in [0.15, 0.2) is 18.2 Å². The summed E-state index contributed by atoms with van der Waals surface area (Å²) in [7, 11) is 1.59. The molecule has 3 nitrogen and oxygen atoms in total. The van der Waals surface area contributed by atoms with Crippen LogP contribution in [0.25, 0.3) is 0 Å². The lowest BCUT2D eigenvalue weighted by molar-refractivity contribution is 0.272. The van der Waals surface area contributed by atoms with Crippen LogP contribution in [0.5, 0.6) is 11.5 Å². The molecule has 1 rings (SSSR count). The van der Waals surface area contributed by atoms with Crippen molar-refractivity contribution in [2.45, 2.75) is 26.4 Å². The van der Waals surface area contributed by atoms with Gasteiger partial charge in [-0.25, -0.2) is 0 Å². The lowest BCUT2D eigenvalue weighted by Crippen LogP contribution is -1.98. The van der Waals surface area contributed by atoms with Crippen molar-refractivity contribution < 1.29 is 14.6 Å². The number of rotatable bonds is 6. The molecule has 0 fully saturated rings. The first-order valence-corrected chi connectivity index (χ1v) is 5.22. The van der Waals surface area contributed by atoms with E-state index in [0.717, 1.165) is 30.8 Å². The Labute approximate surface area is 90.6 Å². The lowest BCUT2D eigenvalue weighted by atomic mass is 10.2. The third-order valence-electron chi connectivity index (χ3n) is 2.20. The van der Waals surface area contributed by atoms with Crippen molar-refractivity contribution in [1.29, 1.82) is 0 Å². The largest absolute Gasteiger partial charge is 0.496 e. The van der Waals surface area contributed by atoms with E-state index in [2.05, 4.69) is 6.92 Å². The van der Waals surface area contributed by atoms with Crippen LogP contribution in [0.2, 0.25) is 0 Å². The molecule has 1 aromatic carbocycles. The number of benzene rings is 1. The van der Waals surface area contributed by atoms with Gasteiger partial charge in [-0.3, -0.25) is 0 Å². The van der Waals surface area contributed by atoms with Gasteiger partial charge in [-0.2, -0.15) is 0 Å². The van der Waals surface area contributed by atoms with Crippen LogP contribution >= 0.6 is 0 Å². The second-order valence-corrected chi connectivity index (χ2v) is 3.33. The predicted octanol–water partition coefficient (Wildman–Crippen LogP) is 2.37. The predicted molar refractivity (Wildman–Crippen MR) is 59.3 cm³/mol. The molecule has 0 radical (unpaired) electrons. The average molecular weight is 210 g/mol. The van der Waals surface area contributed by atoms with Gasteiger partial charge in [0.05, 0.1) is 20.3 Å². The molecule has 0 aliphatic rings. The standard InChI is InChI=1S/C12H18O3/c1-3-4-7-15-11-6-5-10(9-13)12(8-11)14-2/h5-6,8,13H,3-4,7,9H2,1-2H3. The van der Waals surface area contributed by atoms with Crippen molar-refractivity contribution in [3.05, 3.63) is 23.8 Å². The number of hydrogen-bond acceptors (Lipinski definition) is 3. The minimum atomic E-state index is -0.0155.